The summed E-state index contributed by atoms with van der Waals surface area (Å²) in [5.74, 6) is 0.667. The van der Waals surface area contributed by atoms with Gasteiger partial charge in [-0.2, -0.15) is 0 Å². The van der Waals surface area contributed by atoms with Gasteiger partial charge in [-0.15, -0.1) is 0 Å². The molecule has 104 valence electrons. The molecule has 1 unspecified atom stereocenters. The second kappa shape index (κ2) is 7.13. The van der Waals surface area contributed by atoms with E-state index in [4.69, 9.17) is 4.74 Å². The largest absolute Gasteiger partial charge is 0.376 e. The second-order valence-corrected chi connectivity index (χ2v) is 6.54. The van der Waals surface area contributed by atoms with Crippen LogP contribution < -0.4 is 0 Å². The average Bonchev–Trinajstić information content (AvgIpc) is 2.55. The van der Waals surface area contributed by atoms with Gasteiger partial charge in [0.1, 0.15) is 0 Å². The van der Waals surface area contributed by atoms with E-state index >= 15 is 0 Å². The Morgan fingerprint density at radius 3 is 2.33 bits per heavy atom. The molecule has 0 aromatic rings. The first-order valence-corrected chi connectivity index (χ1v) is 7.41. The van der Waals surface area contributed by atoms with Crippen LogP contribution in [0.2, 0.25) is 0 Å². The highest BCUT2D eigenvalue weighted by Crippen LogP contribution is 2.26. The molecular weight excluding hydrogens is 220 g/mol. The maximum Gasteiger partial charge on any atom is 0.0598 e. The molecule has 0 amide bonds. The van der Waals surface area contributed by atoms with E-state index in [2.05, 4.69) is 46.8 Å². The molecular formula is C17H30O. The SMILES string of the molecule is CC1=CC(CCCCCCOC(C)(C)C)=CC1C. The summed E-state index contributed by atoms with van der Waals surface area (Å²) in [6, 6.07) is 0. The van der Waals surface area contributed by atoms with Crippen molar-refractivity contribution in [2.45, 2.75) is 72.3 Å². The standard InChI is InChI=1S/C17H30O/c1-14-12-16(13-15(14)2)10-8-6-7-9-11-18-17(3,4)5/h12-14H,6-11H2,1-5H3. The van der Waals surface area contributed by atoms with Gasteiger partial charge in [0, 0.05) is 6.61 Å². The van der Waals surface area contributed by atoms with Gasteiger partial charge in [-0.05, 0) is 52.9 Å². The number of ether oxygens (including phenoxy) is 1. The molecule has 0 aromatic heterocycles. The van der Waals surface area contributed by atoms with E-state index in [-0.39, 0.29) is 5.60 Å². The highest BCUT2D eigenvalue weighted by molar-refractivity contribution is 5.33. The summed E-state index contributed by atoms with van der Waals surface area (Å²) in [5, 5.41) is 0. The van der Waals surface area contributed by atoms with Crippen molar-refractivity contribution < 1.29 is 4.74 Å². The summed E-state index contributed by atoms with van der Waals surface area (Å²) in [6.45, 7) is 11.8. The van der Waals surface area contributed by atoms with Crippen LogP contribution in [0.3, 0.4) is 0 Å². The van der Waals surface area contributed by atoms with Crippen molar-refractivity contribution in [1.29, 1.82) is 0 Å². The Kier molecular flexibility index (Phi) is 6.14. The number of hydrogen-bond donors (Lipinski definition) is 0. The van der Waals surface area contributed by atoms with Crippen LogP contribution in [0.25, 0.3) is 0 Å². The molecule has 1 atom stereocenters. The van der Waals surface area contributed by atoms with Gasteiger partial charge in [0.15, 0.2) is 0 Å². The highest BCUT2D eigenvalue weighted by Gasteiger charge is 2.10. The maximum atomic E-state index is 5.72. The van der Waals surface area contributed by atoms with Gasteiger partial charge in [0.25, 0.3) is 0 Å². The molecule has 0 heterocycles. The van der Waals surface area contributed by atoms with Gasteiger partial charge in [-0.1, -0.05) is 43.1 Å². The zero-order valence-corrected chi connectivity index (χ0v) is 12.9. The Morgan fingerprint density at radius 2 is 1.78 bits per heavy atom. The van der Waals surface area contributed by atoms with Crippen molar-refractivity contribution in [3.8, 4) is 0 Å². The lowest BCUT2D eigenvalue weighted by Gasteiger charge is -2.19. The lowest BCUT2D eigenvalue weighted by molar-refractivity contribution is -0.00473. The zero-order chi connectivity index (χ0) is 13.6. The van der Waals surface area contributed by atoms with E-state index in [1.54, 1.807) is 5.57 Å². The zero-order valence-electron chi connectivity index (χ0n) is 12.9. The first-order valence-electron chi connectivity index (χ1n) is 7.41. The van der Waals surface area contributed by atoms with E-state index in [1.807, 2.05) is 0 Å². The Hall–Kier alpha value is -0.560. The normalized spacial score (nSPS) is 19.9. The highest BCUT2D eigenvalue weighted by atomic mass is 16.5. The third kappa shape index (κ3) is 6.39. The quantitative estimate of drug-likeness (QED) is 0.559. The molecule has 1 heteroatoms. The van der Waals surface area contributed by atoms with Gasteiger partial charge in [-0.3, -0.25) is 0 Å². The molecule has 1 aliphatic carbocycles. The first-order chi connectivity index (χ1) is 8.38. The second-order valence-electron chi connectivity index (χ2n) is 6.54. The predicted molar refractivity (Wildman–Crippen MR) is 79.8 cm³/mol. The summed E-state index contributed by atoms with van der Waals surface area (Å²) in [5.41, 5.74) is 3.09. The molecule has 0 fully saturated rings. The fourth-order valence-corrected chi connectivity index (χ4v) is 2.24. The van der Waals surface area contributed by atoms with Crippen LogP contribution in [0.5, 0.6) is 0 Å². The maximum absolute atomic E-state index is 5.72. The van der Waals surface area contributed by atoms with E-state index in [1.165, 1.54) is 37.7 Å². The van der Waals surface area contributed by atoms with Gasteiger partial charge in [0.05, 0.1) is 5.60 Å². The van der Waals surface area contributed by atoms with Crippen LogP contribution >= 0.6 is 0 Å². The summed E-state index contributed by atoms with van der Waals surface area (Å²) < 4.78 is 5.72. The predicted octanol–water partition coefficient (Wildman–Crippen LogP) is 5.27. The monoisotopic (exact) mass is 250 g/mol. The third-order valence-corrected chi connectivity index (χ3v) is 3.49. The molecule has 0 spiro atoms. The van der Waals surface area contributed by atoms with Crippen LogP contribution in [0.1, 0.15) is 66.7 Å². The van der Waals surface area contributed by atoms with Crippen molar-refractivity contribution in [1.82, 2.24) is 0 Å². The topological polar surface area (TPSA) is 9.23 Å². The van der Waals surface area contributed by atoms with Crippen molar-refractivity contribution in [3.05, 3.63) is 23.3 Å². The van der Waals surface area contributed by atoms with Crippen molar-refractivity contribution in [3.63, 3.8) is 0 Å². The molecule has 18 heavy (non-hydrogen) atoms. The van der Waals surface area contributed by atoms with Crippen molar-refractivity contribution in [2.24, 2.45) is 5.92 Å². The van der Waals surface area contributed by atoms with Gasteiger partial charge >= 0.3 is 0 Å². The summed E-state index contributed by atoms with van der Waals surface area (Å²) in [6.07, 6.45) is 11.2. The number of rotatable bonds is 7. The summed E-state index contributed by atoms with van der Waals surface area (Å²) >= 11 is 0. The number of hydrogen-bond acceptors (Lipinski definition) is 1. The fraction of sp³-hybridized carbons (Fsp3) is 0.765. The third-order valence-electron chi connectivity index (χ3n) is 3.49. The van der Waals surface area contributed by atoms with Gasteiger partial charge in [0.2, 0.25) is 0 Å². The molecule has 1 nitrogen and oxygen atoms in total. The molecule has 0 N–H and O–H groups in total. The minimum atomic E-state index is 0.0210. The van der Waals surface area contributed by atoms with Crippen LogP contribution in [-0.2, 0) is 4.74 Å². The smallest absolute Gasteiger partial charge is 0.0598 e. The van der Waals surface area contributed by atoms with Crippen LogP contribution in [0, 0.1) is 5.92 Å². The molecule has 0 aromatic carbocycles. The van der Waals surface area contributed by atoms with Crippen LogP contribution in [0.15, 0.2) is 23.3 Å². The Bertz CT molecular complexity index is 304. The molecule has 1 rings (SSSR count). The molecule has 0 aliphatic heterocycles. The first kappa shape index (κ1) is 15.5. The fourth-order valence-electron chi connectivity index (χ4n) is 2.24. The Labute approximate surface area is 113 Å². The van der Waals surface area contributed by atoms with E-state index < -0.39 is 0 Å². The number of unbranched alkanes of at least 4 members (excludes halogenated alkanes) is 3. The molecule has 0 saturated carbocycles. The van der Waals surface area contributed by atoms with E-state index in [0.717, 1.165) is 6.61 Å². The van der Waals surface area contributed by atoms with Crippen molar-refractivity contribution >= 4 is 0 Å². The average molecular weight is 250 g/mol. The summed E-state index contributed by atoms with van der Waals surface area (Å²) in [4.78, 5) is 0. The Morgan fingerprint density at radius 1 is 1.11 bits per heavy atom. The van der Waals surface area contributed by atoms with Crippen LogP contribution in [-0.4, -0.2) is 12.2 Å². The molecule has 0 radical (unpaired) electrons. The number of allylic oxidation sites excluding steroid dienone is 4. The lowest BCUT2D eigenvalue weighted by atomic mass is 10.1. The molecule has 0 bridgehead atoms. The minimum absolute atomic E-state index is 0.0210. The van der Waals surface area contributed by atoms with Gasteiger partial charge < -0.3 is 4.74 Å². The van der Waals surface area contributed by atoms with E-state index in [9.17, 15) is 0 Å². The summed E-state index contributed by atoms with van der Waals surface area (Å²) in [7, 11) is 0. The van der Waals surface area contributed by atoms with E-state index in [0.29, 0.717) is 5.92 Å². The van der Waals surface area contributed by atoms with Gasteiger partial charge in [-0.25, -0.2) is 0 Å². The molecule has 1 aliphatic rings. The van der Waals surface area contributed by atoms with Crippen LogP contribution in [0.4, 0.5) is 0 Å². The molecule has 0 saturated heterocycles. The van der Waals surface area contributed by atoms with Crippen molar-refractivity contribution in [2.75, 3.05) is 6.61 Å². The Balaban J connectivity index is 1.99. The lowest BCUT2D eigenvalue weighted by Crippen LogP contribution is -2.19. The minimum Gasteiger partial charge on any atom is -0.376 e.